The predicted octanol–water partition coefficient (Wildman–Crippen LogP) is 0.0727. The van der Waals surface area contributed by atoms with Crippen LogP contribution in [0.2, 0.25) is 0 Å². The second kappa shape index (κ2) is 6.97. The lowest BCUT2D eigenvalue weighted by molar-refractivity contribution is -0.149. The molecule has 0 spiro atoms. The zero-order chi connectivity index (χ0) is 15.1. The van der Waals surface area contributed by atoms with Crippen molar-refractivity contribution in [1.82, 2.24) is 10.2 Å². The highest BCUT2D eigenvalue weighted by Crippen LogP contribution is 2.19. The van der Waals surface area contributed by atoms with E-state index in [1.807, 2.05) is 5.32 Å². The van der Waals surface area contributed by atoms with Crippen LogP contribution < -0.4 is 5.32 Å². The first-order chi connectivity index (χ1) is 8.74. The van der Waals surface area contributed by atoms with Crippen LogP contribution in [0.4, 0.5) is 4.79 Å². The normalized spacial score (nSPS) is 9.89. The van der Waals surface area contributed by atoms with E-state index in [9.17, 15) is 14.4 Å². The molecule has 0 aliphatic heterocycles. The number of nitriles is 2. The van der Waals surface area contributed by atoms with Crippen molar-refractivity contribution >= 4 is 17.9 Å². The molecular weight excluding hydrogens is 252 g/mol. The van der Waals surface area contributed by atoms with Crippen molar-refractivity contribution in [2.45, 2.75) is 20.3 Å². The van der Waals surface area contributed by atoms with Crippen LogP contribution in [0.3, 0.4) is 0 Å². The highest BCUT2D eigenvalue weighted by molar-refractivity contribution is 5.96. The summed E-state index contributed by atoms with van der Waals surface area (Å²) in [6.07, 6.45) is -0.388. The summed E-state index contributed by atoms with van der Waals surface area (Å²) in [6.45, 7) is 2.02. The molecule has 0 aliphatic rings. The van der Waals surface area contributed by atoms with Crippen LogP contribution in [-0.2, 0) is 9.59 Å². The van der Waals surface area contributed by atoms with Gasteiger partial charge in [0.25, 0.3) is 0 Å². The molecule has 0 fully saturated rings. The van der Waals surface area contributed by atoms with E-state index in [0.29, 0.717) is 0 Å². The first kappa shape index (κ1) is 16.4. The smallest absolute Gasteiger partial charge is 0.325 e. The Morgan fingerprint density at radius 3 is 2.05 bits per heavy atom. The molecule has 0 rings (SSSR count). The van der Waals surface area contributed by atoms with Crippen molar-refractivity contribution in [1.29, 1.82) is 10.5 Å². The lowest BCUT2D eigenvalue weighted by Crippen LogP contribution is -2.45. The predicted molar refractivity (Wildman–Crippen MR) is 62.4 cm³/mol. The Kier molecular flexibility index (Phi) is 6.01. The minimum absolute atomic E-state index is 0.338. The van der Waals surface area contributed by atoms with E-state index >= 15 is 0 Å². The van der Waals surface area contributed by atoms with E-state index in [1.165, 1.54) is 13.8 Å². The fourth-order valence-corrected chi connectivity index (χ4v) is 1.09. The number of carboxylic acids is 1. The molecule has 8 heteroatoms. The fourth-order valence-electron chi connectivity index (χ4n) is 1.09. The number of carbonyl (C=O) groups excluding carboxylic acids is 2. The van der Waals surface area contributed by atoms with Gasteiger partial charge in [0.2, 0.25) is 5.91 Å². The summed E-state index contributed by atoms with van der Waals surface area (Å²) in [5.41, 5.74) is -1.31. The average Bonchev–Trinajstić information content (AvgIpc) is 2.27. The van der Waals surface area contributed by atoms with E-state index in [4.69, 9.17) is 15.6 Å². The van der Waals surface area contributed by atoms with E-state index in [1.54, 1.807) is 12.1 Å². The van der Waals surface area contributed by atoms with Crippen LogP contribution >= 0.6 is 0 Å². The van der Waals surface area contributed by atoms with Crippen LogP contribution in [0.25, 0.3) is 0 Å². The molecule has 19 heavy (non-hydrogen) atoms. The number of nitrogens with one attached hydrogen (secondary N) is 1. The summed E-state index contributed by atoms with van der Waals surface area (Å²) in [5.74, 6) is -1.95. The molecule has 0 aromatic rings. The Labute approximate surface area is 110 Å². The van der Waals surface area contributed by atoms with Gasteiger partial charge >= 0.3 is 12.0 Å². The van der Waals surface area contributed by atoms with Crippen molar-refractivity contribution in [3.8, 4) is 12.1 Å². The molecule has 0 aromatic heterocycles. The maximum atomic E-state index is 11.5. The summed E-state index contributed by atoms with van der Waals surface area (Å²) in [7, 11) is 0. The molecule has 0 saturated carbocycles. The number of amides is 3. The highest BCUT2D eigenvalue weighted by Gasteiger charge is 2.31. The molecule has 3 amide bonds. The summed E-state index contributed by atoms with van der Waals surface area (Å²) in [6, 6.07) is 2.47. The number of carboxylic acid groups (broad SMARTS) is 1. The Hall–Kier alpha value is -2.61. The standard InChI is InChI=1S/C11H14N4O4/c1-11(2,9(17)18)7-8(16)14-10(19)15(5-3-12)6-4-13/h5-7H2,1-2H3,(H,17,18)(H,14,16,19). The third-order valence-electron chi connectivity index (χ3n) is 2.24. The monoisotopic (exact) mass is 266 g/mol. The number of imide groups is 1. The molecule has 0 unspecified atom stereocenters. The quantitative estimate of drug-likeness (QED) is 0.676. The number of rotatable bonds is 5. The number of urea groups is 1. The molecule has 0 radical (unpaired) electrons. The minimum Gasteiger partial charge on any atom is -0.481 e. The maximum Gasteiger partial charge on any atom is 0.325 e. The van der Waals surface area contributed by atoms with Crippen LogP contribution in [0, 0.1) is 28.1 Å². The van der Waals surface area contributed by atoms with Crippen molar-refractivity contribution in [2.24, 2.45) is 5.41 Å². The van der Waals surface area contributed by atoms with Crippen LogP contribution in [0.15, 0.2) is 0 Å². The van der Waals surface area contributed by atoms with Gasteiger partial charge in [-0.25, -0.2) is 4.79 Å². The maximum absolute atomic E-state index is 11.5. The van der Waals surface area contributed by atoms with E-state index in [-0.39, 0.29) is 19.5 Å². The van der Waals surface area contributed by atoms with Crippen molar-refractivity contribution in [2.75, 3.05) is 13.1 Å². The number of carbonyl (C=O) groups is 3. The first-order valence-electron chi connectivity index (χ1n) is 5.30. The Bertz CT molecular complexity index is 442. The van der Waals surface area contributed by atoms with Gasteiger partial charge < -0.3 is 5.11 Å². The summed E-state index contributed by atoms with van der Waals surface area (Å²) in [4.78, 5) is 34.7. The number of hydrogen-bond donors (Lipinski definition) is 2. The second-order valence-corrected chi connectivity index (χ2v) is 4.39. The van der Waals surface area contributed by atoms with Gasteiger partial charge in [-0.3, -0.25) is 19.8 Å². The molecule has 0 aromatic carbocycles. The molecule has 2 N–H and O–H groups in total. The molecule has 8 nitrogen and oxygen atoms in total. The largest absolute Gasteiger partial charge is 0.481 e. The van der Waals surface area contributed by atoms with Gasteiger partial charge in [0.05, 0.1) is 17.6 Å². The summed E-state index contributed by atoms with van der Waals surface area (Å²) in [5, 5.41) is 27.7. The third-order valence-corrected chi connectivity index (χ3v) is 2.24. The van der Waals surface area contributed by atoms with Gasteiger partial charge in [-0.1, -0.05) is 0 Å². The Balaban J connectivity index is 4.57. The van der Waals surface area contributed by atoms with Gasteiger partial charge in [0.1, 0.15) is 13.1 Å². The molecule has 0 atom stereocenters. The third kappa shape index (κ3) is 5.50. The molecule has 0 aliphatic carbocycles. The van der Waals surface area contributed by atoms with Crippen LogP contribution in [0.1, 0.15) is 20.3 Å². The lowest BCUT2D eigenvalue weighted by Gasteiger charge is -2.20. The number of nitrogens with zero attached hydrogens (tertiary/aromatic N) is 3. The van der Waals surface area contributed by atoms with E-state index < -0.39 is 23.3 Å². The molecular formula is C11H14N4O4. The molecule has 102 valence electrons. The van der Waals surface area contributed by atoms with E-state index in [0.717, 1.165) is 4.90 Å². The molecule has 0 bridgehead atoms. The first-order valence-corrected chi connectivity index (χ1v) is 5.30. The number of aliphatic carboxylic acids is 1. The zero-order valence-corrected chi connectivity index (χ0v) is 10.6. The van der Waals surface area contributed by atoms with Crippen molar-refractivity contribution in [3.63, 3.8) is 0 Å². The van der Waals surface area contributed by atoms with Gasteiger partial charge in [-0.15, -0.1) is 0 Å². The SMILES string of the molecule is CC(C)(CC(=O)NC(=O)N(CC#N)CC#N)C(=O)O. The zero-order valence-electron chi connectivity index (χ0n) is 10.6. The minimum atomic E-state index is -1.31. The Morgan fingerprint density at radius 2 is 1.68 bits per heavy atom. The second-order valence-electron chi connectivity index (χ2n) is 4.39. The van der Waals surface area contributed by atoms with Crippen molar-refractivity contribution in [3.05, 3.63) is 0 Å². The molecule has 0 saturated heterocycles. The number of hydrogen-bond acceptors (Lipinski definition) is 5. The van der Waals surface area contributed by atoms with Gasteiger partial charge in [0.15, 0.2) is 0 Å². The van der Waals surface area contributed by atoms with Crippen LogP contribution in [0.5, 0.6) is 0 Å². The van der Waals surface area contributed by atoms with Gasteiger partial charge in [-0.2, -0.15) is 10.5 Å². The summed E-state index contributed by atoms with van der Waals surface area (Å²) >= 11 is 0. The van der Waals surface area contributed by atoms with Crippen LogP contribution in [-0.4, -0.2) is 41.0 Å². The average molecular weight is 266 g/mol. The van der Waals surface area contributed by atoms with Gasteiger partial charge in [-0.05, 0) is 13.8 Å². The lowest BCUT2D eigenvalue weighted by atomic mass is 9.89. The van der Waals surface area contributed by atoms with Gasteiger partial charge in [0, 0.05) is 6.42 Å². The Morgan fingerprint density at radius 1 is 1.21 bits per heavy atom. The van der Waals surface area contributed by atoms with Crippen molar-refractivity contribution < 1.29 is 19.5 Å². The van der Waals surface area contributed by atoms with E-state index in [2.05, 4.69) is 0 Å². The molecule has 0 heterocycles. The summed E-state index contributed by atoms with van der Waals surface area (Å²) < 4.78 is 0. The highest BCUT2D eigenvalue weighted by atomic mass is 16.4. The fraction of sp³-hybridized carbons (Fsp3) is 0.545. The topological polar surface area (TPSA) is 134 Å².